The predicted octanol–water partition coefficient (Wildman–Crippen LogP) is 5.32. The summed E-state index contributed by atoms with van der Waals surface area (Å²) < 4.78 is 1.19. The Morgan fingerprint density at radius 3 is 2.77 bits per heavy atom. The molecule has 2 heterocycles. The van der Waals surface area contributed by atoms with Gasteiger partial charge in [-0.2, -0.15) is 0 Å². The van der Waals surface area contributed by atoms with Crippen LogP contribution in [0.25, 0.3) is 21.1 Å². The van der Waals surface area contributed by atoms with Gasteiger partial charge in [0.2, 0.25) is 0 Å². The van der Waals surface area contributed by atoms with Crippen LogP contribution in [0.2, 0.25) is 0 Å². The Kier molecular flexibility index (Phi) is 4.88. The van der Waals surface area contributed by atoms with E-state index in [0.717, 1.165) is 33.3 Å². The van der Waals surface area contributed by atoms with Crippen molar-refractivity contribution in [2.45, 2.75) is 12.8 Å². The number of nitrogens with zero attached hydrogens (tertiary/aromatic N) is 1. The first-order valence-corrected chi connectivity index (χ1v) is 10.6. The van der Waals surface area contributed by atoms with Crippen molar-refractivity contribution in [3.05, 3.63) is 111 Å². The first kappa shape index (κ1) is 18.4. The van der Waals surface area contributed by atoms with Crippen molar-refractivity contribution in [3.63, 3.8) is 0 Å². The molecular formula is C26H18N2OS. The van der Waals surface area contributed by atoms with Gasteiger partial charge in [-0.1, -0.05) is 48.2 Å². The SMILES string of the molecule is O=c1c(Cc2ccccc2)c[nH]c2ccc(C#CCc3ccc4scnc4c3)cc12. The van der Waals surface area contributed by atoms with Crippen LogP contribution in [0.1, 0.15) is 22.3 Å². The number of nitrogens with one attached hydrogen (secondary N) is 1. The number of hydrogen-bond acceptors (Lipinski definition) is 3. The summed E-state index contributed by atoms with van der Waals surface area (Å²) in [7, 11) is 0. The van der Waals surface area contributed by atoms with Crippen LogP contribution in [0.4, 0.5) is 0 Å². The van der Waals surface area contributed by atoms with Crippen LogP contribution in [-0.2, 0) is 12.8 Å². The molecule has 0 aliphatic rings. The summed E-state index contributed by atoms with van der Waals surface area (Å²) in [5, 5.41) is 0.680. The first-order chi connectivity index (χ1) is 14.8. The molecule has 1 N–H and O–H groups in total. The van der Waals surface area contributed by atoms with Crippen LogP contribution in [0.3, 0.4) is 0 Å². The standard InChI is InChI=1S/C26H18N2OS/c29-26-21(13-18-5-2-1-3-6-18)16-27-23-11-9-19(14-22(23)26)7-4-8-20-10-12-25-24(15-20)28-17-30-25/h1-3,5-6,9-12,14-17H,8,13H2,(H,27,29). The monoisotopic (exact) mass is 406 g/mol. The number of aromatic nitrogens is 2. The van der Waals surface area contributed by atoms with Gasteiger partial charge < -0.3 is 4.98 Å². The van der Waals surface area contributed by atoms with Gasteiger partial charge in [-0.25, -0.2) is 4.98 Å². The maximum atomic E-state index is 13.0. The van der Waals surface area contributed by atoms with Crippen LogP contribution in [0.15, 0.2) is 83.2 Å². The minimum atomic E-state index is 0.0604. The minimum absolute atomic E-state index is 0.0604. The van der Waals surface area contributed by atoms with E-state index in [-0.39, 0.29) is 5.43 Å². The molecule has 5 rings (SSSR count). The lowest BCUT2D eigenvalue weighted by atomic mass is 10.0. The Bertz CT molecular complexity index is 1470. The average Bonchev–Trinajstić information content (AvgIpc) is 3.25. The second-order valence-corrected chi connectivity index (χ2v) is 8.09. The smallest absolute Gasteiger partial charge is 0.192 e. The van der Waals surface area contributed by atoms with Gasteiger partial charge >= 0.3 is 0 Å². The number of fused-ring (bicyclic) bond motifs is 2. The fourth-order valence-corrected chi connectivity index (χ4v) is 4.21. The Labute approximate surface area is 178 Å². The topological polar surface area (TPSA) is 45.8 Å². The molecule has 0 saturated carbocycles. The van der Waals surface area contributed by atoms with Gasteiger partial charge in [-0.15, -0.1) is 11.3 Å². The number of pyridine rings is 1. The summed E-state index contributed by atoms with van der Waals surface area (Å²) in [6.45, 7) is 0. The average molecular weight is 407 g/mol. The molecule has 5 aromatic rings. The Balaban J connectivity index is 1.42. The number of rotatable bonds is 3. The van der Waals surface area contributed by atoms with Gasteiger partial charge in [0.05, 0.1) is 15.7 Å². The molecule has 0 radical (unpaired) electrons. The zero-order chi connectivity index (χ0) is 20.3. The largest absolute Gasteiger partial charge is 0.361 e. The third-order valence-corrected chi connectivity index (χ3v) is 5.93. The van der Waals surface area contributed by atoms with Crippen molar-refractivity contribution >= 4 is 32.5 Å². The number of hydrogen-bond donors (Lipinski definition) is 1. The van der Waals surface area contributed by atoms with Crippen LogP contribution in [0, 0.1) is 11.8 Å². The van der Waals surface area contributed by atoms with Gasteiger partial charge in [0.25, 0.3) is 0 Å². The number of aromatic amines is 1. The van der Waals surface area contributed by atoms with E-state index in [1.54, 1.807) is 11.3 Å². The zero-order valence-electron chi connectivity index (χ0n) is 16.2. The first-order valence-electron chi connectivity index (χ1n) is 9.75. The predicted molar refractivity (Wildman–Crippen MR) is 124 cm³/mol. The van der Waals surface area contributed by atoms with Crippen LogP contribution in [-0.4, -0.2) is 9.97 Å². The zero-order valence-corrected chi connectivity index (χ0v) is 17.0. The lowest BCUT2D eigenvalue weighted by molar-refractivity contribution is 1.14. The summed E-state index contributed by atoms with van der Waals surface area (Å²) >= 11 is 1.64. The number of H-pyrrole nitrogens is 1. The van der Waals surface area contributed by atoms with Crippen molar-refractivity contribution in [2.24, 2.45) is 0 Å². The molecule has 4 heteroatoms. The second kappa shape index (κ2) is 7.98. The normalized spacial score (nSPS) is 10.8. The van der Waals surface area contributed by atoms with E-state index in [4.69, 9.17) is 0 Å². The van der Waals surface area contributed by atoms with Crippen molar-refractivity contribution in [1.29, 1.82) is 0 Å². The summed E-state index contributed by atoms with van der Waals surface area (Å²) in [4.78, 5) is 20.6. The highest BCUT2D eigenvalue weighted by Gasteiger charge is 2.06. The molecule has 0 bridgehead atoms. The fraction of sp³-hybridized carbons (Fsp3) is 0.0769. The van der Waals surface area contributed by atoms with Gasteiger partial charge in [-0.05, 0) is 41.5 Å². The summed E-state index contributed by atoms with van der Waals surface area (Å²) in [5.74, 6) is 6.43. The van der Waals surface area contributed by atoms with Gasteiger partial charge in [0, 0.05) is 41.1 Å². The molecule has 0 aliphatic heterocycles. The highest BCUT2D eigenvalue weighted by atomic mass is 32.1. The quantitative estimate of drug-likeness (QED) is 0.412. The van der Waals surface area contributed by atoms with Gasteiger partial charge in [-0.3, -0.25) is 4.79 Å². The van der Waals surface area contributed by atoms with Crippen molar-refractivity contribution in [3.8, 4) is 11.8 Å². The number of benzene rings is 3. The molecule has 0 spiro atoms. The van der Waals surface area contributed by atoms with Crippen LogP contribution < -0.4 is 5.43 Å². The molecule has 0 fully saturated rings. The third-order valence-electron chi connectivity index (χ3n) is 5.12. The summed E-state index contributed by atoms with van der Waals surface area (Å²) in [5.41, 5.74) is 7.64. The van der Waals surface area contributed by atoms with Crippen LogP contribution in [0.5, 0.6) is 0 Å². The molecule has 144 valence electrons. The van der Waals surface area contributed by atoms with E-state index < -0.39 is 0 Å². The van der Waals surface area contributed by atoms with E-state index >= 15 is 0 Å². The van der Waals surface area contributed by atoms with E-state index in [0.29, 0.717) is 18.2 Å². The molecule has 0 saturated heterocycles. The highest BCUT2D eigenvalue weighted by Crippen LogP contribution is 2.19. The van der Waals surface area contributed by atoms with Crippen molar-refractivity contribution < 1.29 is 0 Å². The lowest BCUT2D eigenvalue weighted by Gasteiger charge is -2.04. The molecule has 3 nitrogen and oxygen atoms in total. The van der Waals surface area contributed by atoms with Crippen molar-refractivity contribution in [1.82, 2.24) is 9.97 Å². The molecule has 0 amide bonds. The number of thiazole rings is 1. The maximum absolute atomic E-state index is 13.0. The molecule has 0 atom stereocenters. The van der Waals surface area contributed by atoms with Crippen molar-refractivity contribution in [2.75, 3.05) is 0 Å². The summed E-state index contributed by atoms with van der Waals surface area (Å²) in [6, 6.07) is 22.1. The fourth-order valence-electron chi connectivity index (χ4n) is 3.55. The van der Waals surface area contributed by atoms with Gasteiger partial charge in [0.1, 0.15) is 0 Å². The molecule has 0 aliphatic carbocycles. The Morgan fingerprint density at radius 1 is 0.967 bits per heavy atom. The third kappa shape index (κ3) is 3.76. The van der Waals surface area contributed by atoms with Gasteiger partial charge in [0.15, 0.2) is 5.43 Å². The molecule has 0 unspecified atom stereocenters. The van der Waals surface area contributed by atoms with E-state index in [1.807, 2.05) is 60.2 Å². The molecule has 30 heavy (non-hydrogen) atoms. The van der Waals surface area contributed by atoms with Crippen LogP contribution >= 0.6 is 11.3 Å². The van der Waals surface area contributed by atoms with E-state index in [9.17, 15) is 4.79 Å². The Hall–Kier alpha value is -3.68. The molecule has 3 aromatic carbocycles. The second-order valence-electron chi connectivity index (χ2n) is 7.20. The lowest BCUT2D eigenvalue weighted by Crippen LogP contribution is -2.10. The highest BCUT2D eigenvalue weighted by molar-refractivity contribution is 7.16. The Morgan fingerprint density at radius 2 is 1.87 bits per heavy atom. The molecular weight excluding hydrogens is 388 g/mol. The summed E-state index contributed by atoms with van der Waals surface area (Å²) in [6.07, 6.45) is 3.08. The van der Waals surface area contributed by atoms with E-state index in [1.165, 1.54) is 4.70 Å². The molecule has 2 aromatic heterocycles. The van der Waals surface area contributed by atoms with E-state index in [2.05, 4.69) is 40.0 Å². The maximum Gasteiger partial charge on any atom is 0.192 e. The minimum Gasteiger partial charge on any atom is -0.361 e.